The lowest BCUT2D eigenvalue weighted by molar-refractivity contribution is 0.509. The van der Waals surface area contributed by atoms with Crippen molar-refractivity contribution in [1.29, 1.82) is 5.26 Å². The first-order chi connectivity index (χ1) is 8.70. The summed E-state index contributed by atoms with van der Waals surface area (Å²) < 4.78 is 13.8. The molecule has 0 radical (unpaired) electrons. The van der Waals surface area contributed by atoms with E-state index in [1.54, 1.807) is 12.1 Å². The van der Waals surface area contributed by atoms with Crippen LogP contribution in [0, 0.1) is 23.1 Å². The zero-order valence-electron chi connectivity index (χ0n) is 10.6. The molecule has 2 rings (SSSR count). The number of nitrogens with zero attached hydrogens (tertiary/aromatic N) is 2. The van der Waals surface area contributed by atoms with Gasteiger partial charge in [-0.05, 0) is 24.6 Å². The Balaban J connectivity index is 2.19. The number of nitrogens with one attached hydrogen (secondary N) is 1. The van der Waals surface area contributed by atoms with E-state index in [1.807, 2.05) is 11.0 Å². The summed E-state index contributed by atoms with van der Waals surface area (Å²) in [7, 11) is 0. The molecule has 2 unspecified atom stereocenters. The van der Waals surface area contributed by atoms with Crippen molar-refractivity contribution in [2.75, 3.05) is 24.5 Å². The van der Waals surface area contributed by atoms with Crippen LogP contribution in [0.1, 0.15) is 13.3 Å². The number of anilines is 1. The monoisotopic (exact) mass is 247 g/mol. The van der Waals surface area contributed by atoms with Gasteiger partial charge in [-0.25, -0.2) is 4.39 Å². The van der Waals surface area contributed by atoms with Gasteiger partial charge in [0, 0.05) is 19.1 Å². The van der Waals surface area contributed by atoms with E-state index in [1.165, 1.54) is 6.07 Å². The Hall–Kier alpha value is -1.60. The van der Waals surface area contributed by atoms with Crippen molar-refractivity contribution in [2.45, 2.75) is 19.4 Å². The van der Waals surface area contributed by atoms with Crippen LogP contribution >= 0.6 is 0 Å². The molecule has 0 spiro atoms. The first-order valence-corrected chi connectivity index (χ1v) is 6.30. The highest BCUT2D eigenvalue weighted by molar-refractivity contribution is 5.48. The van der Waals surface area contributed by atoms with Crippen LogP contribution in [-0.4, -0.2) is 25.7 Å². The molecule has 4 heteroatoms. The lowest BCUT2D eigenvalue weighted by atomic mass is 10.1. The Morgan fingerprint density at radius 3 is 2.94 bits per heavy atom. The van der Waals surface area contributed by atoms with Crippen LogP contribution < -0.4 is 10.2 Å². The standard InChI is InChI=1S/C14H18FN3/c1-11-8-17-12(6-7-16)10-18(9-11)14-5-3-2-4-13(14)15/h2-5,11-12,17H,6,8-10H2,1H3. The summed E-state index contributed by atoms with van der Waals surface area (Å²) in [4.78, 5) is 2.04. The maximum absolute atomic E-state index is 13.8. The highest BCUT2D eigenvalue weighted by atomic mass is 19.1. The minimum atomic E-state index is -0.192. The third-order valence-electron chi connectivity index (χ3n) is 3.26. The molecule has 0 saturated carbocycles. The van der Waals surface area contributed by atoms with Gasteiger partial charge in [-0.3, -0.25) is 0 Å². The van der Waals surface area contributed by atoms with Crippen LogP contribution in [0.3, 0.4) is 0 Å². The van der Waals surface area contributed by atoms with Gasteiger partial charge < -0.3 is 10.2 Å². The average Bonchev–Trinajstić information content (AvgIpc) is 2.53. The van der Waals surface area contributed by atoms with Gasteiger partial charge in [-0.1, -0.05) is 19.1 Å². The van der Waals surface area contributed by atoms with E-state index in [9.17, 15) is 4.39 Å². The summed E-state index contributed by atoms with van der Waals surface area (Å²) in [6.45, 7) is 4.50. The number of rotatable bonds is 2. The molecule has 1 aliphatic rings. The maximum Gasteiger partial charge on any atom is 0.146 e. The number of para-hydroxylation sites is 1. The number of hydrogen-bond donors (Lipinski definition) is 1. The zero-order valence-corrected chi connectivity index (χ0v) is 10.6. The van der Waals surface area contributed by atoms with Crippen molar-refractivity contribution >= 4 is 5.69 Å². The van der Waals surface area contributed by atoms with Gasteiger partial charge in [0.2, 0.25) is 0 Å². The fraction of sp³-hybridized carbons (Fsp3) is 0.500. The van der Waals surface area contributed by atoms with Gasteiger partial charge in [-0.2, -0.15) is 5.26 Å². The van der Waals surface area contributed by atoms with Gasteiger partial charge in [0.15, 0.2) is 0 Å². The van der Waals surface area contributed by atoms with Gasteiger partial charge in [-0.15, -0.1) is 0 Å². The van der Waals surface area contributed by atoms with Gasteiger partial charge >= 0.3 is 0 Å². The SMILES string of the molecule is CC1CNC(CC#N)CN(c2ccccc2F)C1. The van der Waals surface area contributed by atoms with E-state index in [0.717, 1.165) is 13.1 Å². The molecule has 1 aromatic rings. The zero-order chi connectivity index (χ0) is 13.0. The Kier molecular flexibility index (Phi) is 4.16. The highest BCUT2D eigenvalue weighted by Gasteiger charge is 2.22. The molecule has 1 N–H and O–H groups in total. The molecule has 3 nitrogen and oxygen atoms in total. The number of benzene rings is 1. The van der Waals surface area contributed by atoms with Crippen molar-refractivity contribution in [2.24, 2.45) is 5.92 Å². The summed E-state index contributed by atoms with van der Waals surface area (Å²) in [5, 5.41) is 12.2. The minimum Gasteiger partial charge on any atom is -0.367 e. The molecule has 1 aliphatic heterocycles. The van der Waals surface area contributed by atoms with Crippen LogP contribution in [0.15, 0.2) is 24.3 Å². The average molecular weight is 247 g/mol. The molecule has 1 aromatic carbocycles. The minimum absolute atomic E-state index is 0.111. The van der Waals surface area contributed by atoms with E-state index < -0.39 is 0 Å². The van der Waals surface area contributed by atoms with Crippen molar-refractivity contribution in [3.63, 3.8) is 0 Å². The van der Waals surface area contributed by atoms with Crippen molar-refractivity contribution in [3.05, 3.63) is 30.1 Å². The predicted molar refractivity (Wildman–Crippen MR) is 69.8 cm³/mol. The number of halogens is 1. The summed E-state index contributed by atoms with van der Waals surface area (Å²) in [5.41, 5.74) is 0.635. The summed E-state index contributed by atoms with van der Waals surface area (Å²) in [5.74, 6) is 0.246. The second-order valence-corrected chi connectivity index (χ2v) is 4.93. The molecule has 96 valence electrons. The summed E-state index contributed by atoms with van der Waals surface area (Å²) >= 11 is 0. The molecular weight excluding hydrogens is 229 g/mol. The van der Waals surface area contributed by atoms with Crippen molar-refractivity contribution in [3.8, 4) is 6.07 Å². The van der Waals surface area contributed by atoms with E-state index in [4.69, 9.17) is 5.26 Å². The quantitative estimate of drug-likeness (QED) is 0.870. The lowest BCUT2D eigenvalue weighted by Gasteiger charge is -2.26. The van der Waals surface area contributed by atoms with E-state index >= 15 is 0 Å². The fourth-order valence-electron chi connectivity index (χ4n) is 2.37. The largest absolute Gasteiger partial charge is 0.367 e. The predicted octanol–water partition coefficient (Wildman–Crippen LogP) is 2.15. The van der Waals surface area contributed by atoms with E-state index in [-0.39, 0.29) is 11.9 Å². The highest BCUT2D eigenvalue weighted by Crippen LogP contribution is 2.21. The van der Waals surface area contributed by atoms with Crippen LogP contribution in [0.5, 0.6) is 0 Å². The fourth-order valence-corrected chi connectivity index (χ4v) is 2.37. The third-order valence-corrected chi connectivity index (χ3v) is 3.26. The lowest BCUT2D eigenvalue weighted by Crippen LogP contribution is -2.37. The van der Waals surface area contributed by atoms with Crippen LogP contribution in [0.4, 0.5) is 10.1 Å². The molecule has 0 amide bonds. The number of nitriles is 1. The molecule has 1 saturated heterocycles. The normalized spacial score (nSPS) is 24.4. The van der Waals surface area contributed by atoms with Crippen molar-refractivity contribution < 1.29 is 4.39 Å². The molecule has 1 heterocycles. The topological polar surface area (TPSA) is 39.1 Å². The number of hydrogen-bond acceptors (Lipinski definition) is 3. The summed E-state index contributed by atoms with van der Waals surface area (Å²) in [6.07, 6.45) is 0.456. The Labute approximate surface area is 107 Å². The van der Waals surface area contributed by atoms with Gasteiger partial charge in [0.05, 0.1) is 18.2 Å². The van der Waals surface area contributed by atoms with Crippen LogP contribution in [-0.2, 0) is 0 Å². The molecule has 1 fully saturated rings. The van der Waals surface area contributed by atoms with E-state index in [2.05, 4.69) is 18.3 Å². The maximum atomic E-state index is 13.8. The van der Waals surface area contributed by atoms with E-state index in [0.29, 0.717) is 24.6 Å². The van der Waals surface area contributed by atoms with Gasteiger partial charge in [0.25, 0.3) is 0 Å². The molecule has 2 atom stereocenters. The van der Waals surface area contributed by atoms with Gasteiger partial charge in [0.1, 0.15) is 5.82 Å². The first kappa shape index (κ1) is 12.8. The van der Waals surface area contributed by atoms with Crippen LogP contribution in [0.2, 0.25) is 0 Å². The second kappa shape index (κ2) is 5.83. The van der Waals surface area contributed by atoms with Crippen molar-refractivity contribution in [1.82, 2.24) is 5.32 Å². The molecule has 0 bridgehead atoms. The molecule has 0 aromatic heterocycles. The molecular formula is C14H18FN3. The Morgan fingerprint density at radius 1 is 1.44 bits per heavy atom. The second-order valence-electron chi connectivity index (χ2n) is 4.93. The Bertz CT molecular complexity index is 441. The molecule has 18 heavy (non-hydrogen) atoms. The smallest absolute Gasteiger partial charge is 0.146 e. The summed E-state index contributed by atoms with van der Waals surface area (Å²) in [6, 6.07) is 9.13. The third kappa shape index (κ3) is 2.99. The van der Waals surface area contributed by atoms with Crippen LogP contribution in [0.25, 0.3) is 0 Å². The molecule has 0 aliphatic carbocycles. The Morgan fingerprint density at radius 2 is 2.22 bits per heavy atom. The first-order valence-electron chi connectivity index (χ1n) is 6.30.